The number of aliphatic hydroxyl groups is 1. The Morgan fingerprint density at radius 2 is 2.27 bits per heavy atom. The highest BCUT2D eigenvalue weighted by Crippen LogP contribution is 2.27. The number of hydrogen-bond donors (Lipinski definition) is 1. The van der Waals surface area contributed by atoms with Crippen LogP contribution >= 0.6 is 38.5 Å². The van der Waals surface area contributed by atoms with Crippen molar-refractivity contribution in [1.82, 2.24) is 0 Å². The number of halogens is 2. The molecule has 1 unspecified atom stereocenters. The van der Waals surface area contributed by atoms with Gasteiger partial charge < -0.3 is 5.11 Å². The van der Waals surface area contributed by atoms with Gasteiger partial charge in [-0.25, -0.2) is 0 Å². The van der Waals surface area contributed by atoms with Crippen LogP contribution in [-0.2, 0) is 0 Å². The van der Waals surface area contributed by atoms with Crippen LogP contribution in [0.25, 0.3) is 0 Å². The van der Waals surface area contributed by atoms with Gasteiger partial charge in [-0.2, -0.15) is 0 Å². The van der Waals surface area contributed by atoms with Gasteiger partial charge in [0.25, 0.3) is 0 Å². The van der Waals surface area contributed by atoms with Gasteiger partial charge in [-0.05, 0) is 59.2 Å². The van der Waals surface area contributed by atoms with E-state index in [1.165, 1.54) is 0 Å². The van der Waals surface area contributed by atoms with Crippen molar-refractivity contribution in [1.29, 1.82) is 0 Å². The molecule has 0 fully saturated rings. The number of rotatable bonds is 4. The molecule has 1 atom stereocenters. The third-order valence-electron chi connectivity index (χ3n) is 2.12. The van der Waals surface area contributed by atoms with Crippen LogP contribution in [0.2, 0.25) is 0 Å². The van der Waals surface area contributed by atoms with Crippen molar-refractivity contribution >= 4 is 38.5 Å². The Balaban J connectivity index is 2.69. The summed E-state index contributed by atoms with van der Waals surface area (Å²) in [4.78, 5) is 0. The lowest BCUT2D eigenvalue weighted by Gasteiger charge is -2.12. The van der Waals surface area contributed by atoms with Crippen LogP contribution in [0.15, 0.2) is 22.7 Å². The second-order valence-corrected chi connectivity index (χ2v) is 5.36. The minimum atomic E-state index is -0.414. The highest BCUT2D eigenvalue weighted by atomic mass is 127. The van der Waals surface area contributed by atoms with Crippen LogP contribution in [0.5, 0.6) is 0 Å². The summed E-state index contributed by atoms with van der Waals surface area (Å²) in [6.07, 6.45) is 7.06. The fraction of sp³-hybridized carbons (Fsp3) is 0.333. The minimum Gasteiger partial charge on any atom is -0.388 e. The van der Waals surface area contributed by atoms with Crippen molar-refractivity contribution in [2.75, 3.05) is 0 Å². The van der Waals surface area contributed by atoms with E-state index < -0.39 is 6.10 Å². The molecule has 0 bridgehead atoms. The summed E-state index contributed by atoms with van der Waals surface area (Å²) in [7, 11) is 0. The highest BCUT2D eigenvalue weighted by molar-refractivity contribution is 14.1. The average Bonchev–Trinajstić information content (AvgIpc) is 2.22. The molecular weight excluding hydrogens is 367 g/mol. The molecule has 0 spiro atoms. The van der Waals surface area contributed by atoms with Gasteiger partial charge in [0.15, 0.2) is 0 Å². The monoisotopic (exact) mass is 378 g/mol. The molecule has 1 rings (SSSR count). The summed E-state index contributed by atoms with van der Waals surface area (Å²) in [6, 6.07) is 5.92. The second kappa shape index (κ2) is 6.51. The van der Waals surface area contributed by atoms with Crippen LogP contribution in [0, 0.1) is 15.9 Å². The Hall–Kier alpha value is -0.0500. The third-order valence-corrected chi connectivity index (χ3v) is 3.59. The predicted molar refractivity (Wildman–Crippen MR) is 74.5 cm³/mol. The van der Waals surface area contributed by atoms with Gasteiger partial charge in [-0.3, -0.25) is 0 Å². The first-order chi connectivity index (χ1) is 7.15. The summed E-state index contributed by atoms with van der Waals surface area (Å²) < 4.78 is 2.08. The molecule has 0 saturated carbocycles. The van der Waals surface area contributed by atoms with Gasteiger partial charge in [0, 0.05) is 14.5 Å². The van der Waals surface area contributed by atoms with Crippen molar-refractivity contribution in [3.8, 4) is 12.3 Å². The maximum Gasteiger partial charge on any atom is 0.0801 e. The zero-order valence-corrected chi connectivity index (χ0v) is 12.0. The van der Waals surface area contributed by atoms with Crippen molar-refractivity contribution in [3.63, 3.8) is 0 Å². The van der Waals surface area contributed by atoms with Gasteiger partial charge in [0.05, 0.1) is 6.10 Å². The van der Waals surface area contributed by atoms with Crippen molar-refractivity contribution < 1.29 is 5.11 Å². The topological polar surface area (TPSA) is 20.2 Å². The smallest absolute Gasteiger partial charge is 0.0801 e. The first-order valence-corrected chi connectivity index (χ1v) is 6.59. The van der Waals surface area contributed by atoms with Crippen LogP contribution < -0.4 is 0 Å². The SMILES string of the molecule is C#CCCCC(O)c1cc(Br)ccc1I. The number of unbranched alkanes of at least 4 members (excludes halogenated alkanes) is 1. The molecule has 0 aliphatic rings. The highest BCUT2D eigenvalue weighted by Gasteiger charge is 2.10. The number of terminal acetylenes is 1. The molecule has 0 saturated heterocycles. The predicted octanol–water partition coefficient (Wildman–Crippen LogP) is 3.89. The molecule has 1 aromatic rings. The minimum absolute atomic E-state index is 0.414. The molecule has 0 aromatic heterocycles. The molecule has 0 amide bonds. The Labute approximate surface area is 113 Å². The number of aliphatic hydroxyl groups excluding tert-OH is 1. The first kappa shape index (κ1) is 13.0. The van der Waals surface area contributed by atoms with Crippen LogP contribution in [0.4, 0.5) is 0 Å². The quantitative estimate of drug-likeness (QED) is 0.478. The van der Waals surface area contributed by atoms with Crippen LogP contribution in [-0.4, -0.2) is 5.11 Å². The number of benzene rings is 1. The molecule has 0 heterocycles. The average molecular weight is 379 g/mol. The van der Waals surface area contributed by atoms with Gasteiger partial charge in [0.1, 0.15) is 0 Å². The molecule has 80 valence electrons. The van der Waals surface area contributed by atoms with E-state index >= 15 is 0 Å². The first-order valence-electron chi connectivity index (χ1n) is 4.71. The maximum atomic E-state index is 9.96. The van der Waals surface area contributed by atoms with E-state index in [-0.39, 0.29) is 0 Å². The molecule has 0 aliphatic carbocycles. The summed E-state index contributed by atoms with van der Waals surface area (Å²) in [6.45, 7) is 0. The standard InChI is InChI=1S/C12H12BrIO/c1-2-3-4-5-12(15)10-8-9(13)6-7-11(10)14/h1,6-8,12,15H,3-5H2. The molecule has 0 radical (unpaired) electrons. The second-order valence-electron chi connectivity index (χ2n) is 3.28. The summed E-state index contributed by atoms with van der Waals surface area (Å²) in [5.74, 6) is 2.58. The molecule has 1 N–H and O–H groups in total. The Morgan fingerprint density at radius 1 is 1.53 bits per heavy atom. The van der Waals surface area contributed by atoms with Crippen molar-refractivity contribution in [2.24, 2.45) is 0 Å². The van der Waals surface area contributed by atoms with E-state index in [0.717, 1.165) is 32.9 Å². The largest absolute Gasteiger partial charge is 0.388 e. The van der Waals surface area contributed by atoms with E-state index in [4.69, 9.17) is 6.42 Å². The summed E-state index contributed by atoms with van der Waals surface area (Å²) >= 11 is 5.63. The third kappa shape index (κ3) is 4.13. The molecule has 1 aromatic carbocycles. The van der Waals surface area contributed by atoms with Gasteiger partial charge in [-0.15, -0.1) is 12.3 Å². The Bertz CT molecular complexity index is 370. The summed E-state index contributed by atoms with van der Waals surface area (Å²) in [5, 5.41) is 9.96. The fourth-order valence-corrected chi connectivity index (χ4v) is 2.40. The molecule has 15 heavy (non-hydrogen) atoms. The van der Waals surface area contributed by atoms with E-state index in [1.807, 2.05) is 18.2 Å². The maximum absolute atomic E-state index is 9.96. The molecule has 3 heteroatoms. The van der Waals surface area contributed by atoms with Gasteiger partial charge >= 0.3 is 0 Å². The van der Waals surface area contributed by atoms with Crippen LogP contribution in [0.1, 0.15) is 30.9 Å². The lowest BCUT2D eigenvalue weighted by molar-refractivity contribution is 0.164. The van der Waals surface area contributed by atoms with Gasteiger partial charge in [-0.1, -0.05) is 15.9 Å². The Kier molecular flexibility index (Phi) is 5.65. The number of hydrogen-bond acceptors (Lipinski definition) is 1. The summed E-state index contributed by atoms with van der Waals surface area (Å²) in [5.41, 5.74) is 0.974. The van der Waals surface area contributed by atoms with E-state index in [0.29, 0.717) is 0 Å². The van der Waals surface area contributed by atoms with E-state index in [2.05, 4.69) is 44.4 Å². The van der Waals surface area contributed by atoms with Crippen molar-refractivity contribution in [2.45, 2.75) is 25.4 Å². The van der Waals surface area contributed by atoms with Gasteiger partial charge in [0.2, 0.25) is 0 Å². The normalized spacial score (nSPS) is 12.1. The molecular formula is C12H12BrIO. The Morgan fingerprint density at radius 3 is 2.93 bits per heavy atom. The molecule has 1 nitrogen and oxygen atoms in total. The fourth-order valence-electron chi connectivity index (χ4n) is 1.32. The zero-order chi connectivity index (χ0) is 11.3. The zero-order valence-electron chi connectivity index (χ0n) is 8.21. The van der Waals surface area contributed by atoms with Crippen molar-refractivity contribution in [3.05, 3.63) is 31.8 Å². The van der Waals surface area contributed by atoms with E-state index in [9.17, 15) is 5.11 Å². The lowest BCUT2D eigenvalue weighted by atomic mass is 10.0. The van der Waals surface area contributed by atoms with Crippen LogP contribution in [0.3, 0.4) is 0 Å². The lowest BCUT2D eigenvalue weighted by Crippen LogP contribution is -2.00. The van der Waals surface area contributed by atoms with E-state index in [1.54, 1.807) is 0 Å². The molecule has 0 aliphatic heterocycles.